The molecule has 0 aliphatic heterocycles. The standard InChI is InChI=1S/C13H17BrN2/c14-11-3-4-12(16-7-11)8-15-9-13(5-6-13)10-1-2-10/h3-4,7,10,15H,1-2,5-6,8-9H2. The van der Waals surface area contributed by atoms with Crippen LogP contribution < -0.4 is 5.32 Å². The van der Waals surface area contributed by atoms with E-state index in [1.807, 2.05) is 6.20 Å². The van der Waals surface area contributed by atoms with E-state index in [4.69, 9.17) is 0 Å². The first-order chi connectivity index (χ1) is 7.78. The second-order valence-corrected chi connectivity index (χ2v) is 6.12. The Balaban J connectivity index is 1.48. The van der Waals surface area contributed by atoms with Gasteiger partial charge in [-0.25, -0.2) is 0 Å². The minimum Gasteiger partial charge on any atom is -0.311 e. The minimum atomic E-state index is 0.690. The molecule has 16 heavy (non-hydrogen) atoms. The van der Waals surface area contributed by atoms with Crippen molar-refractivity contribution in [2.45, 2.75) is 32.2 Å². The van der Waals surface area contributed by atoms with Crippen LogP contribution in [0.2, 0.25) is 0 Å². The van der Waals surface area contributed by atoms with E-state index < -0.39 is 0 Å². The van der Waals surface area contributed by atoms with Crippen LogP contribution in [0.15, 0.2) is 22.8 Å². The molecular weight excluding hydrogens is 264 g/mol. The van der Waals surface area contributed by atoms with Crippen molar-refractivity contribution in [3.8, 4) is 0 Å². The van der Waals surface area contributed by atoms with Crippen LogP contribution in [0.4, 0.5) is 0 Å². The Labute approximate surface area is 105 Å². The number of nitrogens with one attached hydrogen (secondary N) is 1. The van der Waals surface area contributed by atoms with E-state index in [9.17, 15) is 0 Å². The largest absolute Gasteiger partial charge is 0.311 e. The molecule has 0 radical (unpaired) electrons. The molecule has 2 nitrogen and oxygen atoms in total. The normalized spacial score (nSPS) is 22.1. The van der Waals surface area contributed by atoms with Crippen LogP contribution >= 0.6 is 15.9 Å². The Bertz CT molecular complexity index is 366. The highest BCUT2D eigenvalue weighted by Gasteiger charge is 2.53. The topological polar surface area (TPSA) is 24.9 Å². The van der Waals surface area contributed by atoms with Gasteiger partial charge in [-0.1, -0.05) is 0 Å². The van der Waals surface area contributed by atoms with Crippen LogP contribution in [-0.2, 0) is 6.54 Å². The molecule has 1 aromatic rings. The Morgan fingerprint density at radius 1 is 1.38 bits per heavy atom. The smallest absolute Gasteiger partial charge is 0.0542 e. The molecule has 2 aliphatic rings. The van der Waals surface area contributed by atoms with Gasteiger partial charge in [0.1, 0.15) is 0 Å². The molecule has 2 saturated carbocycles. The van der Waals surface area contributed by atoms with Crippen molar-refractivity contribution in [2.75, 3.05) is 6.54 Å². The van der Waals surface area contributed by atoms with Crippen LogP contribution in [0.5, 0.6) is 0 Å². The Hall–Kier alpha value is -0.410. The monoisotopic (exact) mass is 280 g/mol. The molecule has 2 fully saturated rings. The van der Waals surface area contributed by atoms with E-state index in [0.29, 0.717) is 5.41 Å². The lowest BCUT2D eigenvalue weighted by molar-refractivity contribution is 0.402. The van der Waals surface area contributed by atoms with Crippen molar-refractivity contribution in [3.05, 3.63) is 28.5 Å². The average molecular weight is 281 g/mol. The molecule has 0 spiro atoms. The lowest BCUT2D eigenvalue weighted by atomic mass is 10.0. The van der Waals surface area contributed by atoms with Gasteiger partial charge in [-0.05, 0) is 65.1 Å². The summed E-state index contributed by atoms with van der Waals surface area (Å²) in [7, 11) is 0. The van der Waals surface area contributed by atoms with Crippen LogP contribution in [0.1, 0.15) is 31.4 Å². The molecular formula is C13H17BrN2. The fraction of sp³-hybridized carbons (Fsp3) is 0.615. The lowest BCUT2D eigenvalue weighted by Gasteiger charge is -2.14. The summed E-state index contributed by atoms with van der Waals surface area (Å²) in [6.07, 6.45) is 7.69. The van der Waals surface area contributed by atoms with Gasteiger partial charge in [-0.2, -0.15) is 0 Å². The van der Waals surface area contributed by atoms with Gasteiger partial charge >= 0.3 is 0 Å². The third-order valence-corrected chi connectivity index (χ3v) is 4.38. The predicted molar refractivity (Wildman–Crippen MR) is 68.0 cm³/mol. The van der Waals surface area contributed by atoms with Crippen molar-refractivity contribution < 1.29 is 0 Å². The molecule has 3 heteroatoms. The molecule has 0 aromatic carbocycles. The zero-order chi connectivity index (χ0) is 11.0. The van der Waals surface area contributed by atoms with E-state index in [1.54, 1.807) is 0 Å². The van der Waals surface area contributed by atoms with Crippen LogP contribution in [-0.4, -0.2) is 11.5 Å². The van der Waals surface area contributed by atoms with E-state index in [1.165, 1.54) is 32.2 Å². The third-order valence-electron chi connectivity index (χ3n) is 3.91. The fourth-order valence-electron chi connectivity index (χ4n) is 2.54. The summed E-state index contributed by atoms with van der Waals surface area (Å²) in [6, 6.07) is 4.13. The summed E-state index contributed by atoms with van der Waals surface area (Å²) < 4.78 is 1.05. The quantitative estimate of drug-likeness (QED) is 0.897. The zero-order valence-electron chi connectivity index (χ0n) is 9.38. The van der Waals surface area contributed by atoms with Crippen molar-refractivity contribution >= 4 is 15.9 Å². The van der Waals surface area contributed by atoms with Gasteiger partial charge in [0.25, 0.3) is 0 Å². The van der Waals surface area contributed by atoms with Crippen molar-refractivity contribution in [1.29, 1.82) is 0 Å². The minimum absolute atomic E-state index is 0.690. The first-order valence-corrected chi connectivity index (χ1v) is 6.89. The highest BCUT2D eigenvalue weighted by molar-refractivity contribution is 9.10. The summed E-state index contributed by atoms with van der Waals surface area (Å²) in [6.45, 7) is 2.09. The summed E-state index contributed by atoms with van der Waals surface area (Å²) >= 11 is 3.40. The van der Waals surface area contributed by atoms with E-state index in [0.717, 1.165) is 22.6 Å². The molecule has 3 rings (SSSR count). The Morgan fingerprint density at radius 3 is 2.75 bits per heavy atom. The van der Waals surface area contributed by atoms with Gasteiger partial charge in [-0.15, -0.1) is 0 Å². The first kappa shape index (κ1) is 10.7. The second kappa shape index (κ2) is 4.11. The number of hydrogen-bond acceptors (Lipinski definition) is 2. The Kier molecular flexibility index (Phi) is 2.76. The molecule has 1 N–H and O–H groups in total. The van der Waals surface area contributed by atoms with Crippen LogP contribution in [0, 0.1) is 11.3 Å². The molecule has 0 amide bonds. The molecule has 2 aliphatic carbocycles. The summed E-state index contributed by atoms with van der Waals surface area (Å²) in [4.78, 5) is 4.37. The SMILES string of the molecule is Brc1ccc(CNCC2(C3CC3)CC2)nc1. The number of rotatable bonds is 5. The maximum absolute atomic E-state index is 4.37. The van der Waals surface area contributed by atoms with Crippen molar-refractivity contribution in [2.24, 2.45) is 11.3 Å². The summed E-state index contributed by atoms with van der Waals surface area (Å²) in [5.41, 5.74) is 1.82. The maximum atomic E-state index is 4.37. The first-order valence-electron chi connectivity index (χ1n) is 6.10. The van der Waals surface area contributed by atoms with E-state index in [-0.39, 0.29) is 0 Å². The van der Waals surface area contributed by atoms with Gasteiger partial charge in [-0.3, -0.25) is 4.98 Å². The van der Waals surface area contributed by atoms with Crippen LogP contribution in [0.3, 0.4) is 0 Å². The maximum Gasteiger partial charge on any atom is 0.0542 e. The van der Waals surface area contributed by atoms with Gasteiger partial charge in [0.15, 0.2) is 0 Å². The molecule has 0 unspecified atom stereocenters. The second-order valence-electron chi connectivity index (χ2n) is 5.21. The molecule has 0 saturated heterocycles. The Morgan fingerprint density at radius 2 is 2.19 bits per heavy atom. The zero-order valence-corrected chi connectivity index (χ0v) is 11.0. The number of hydrogen-bond donors (Lipinski definition) is 1. The van der Waals surface area contributed by atoms with Gasteiger partial charge in [0.2, 0.25) is 0 Å². The highest BCUT2D eigenvalue weighted by Crippen LogP contribution is 2.60. The summed E-state index contributed by atoms with van der Waals surface area (Å²) in [5.74, 6) is 1.04. The summed E-state index contributed by atoms with van der Waals surface area (Å²) in [5, 5.41) is 3.57. The molecule has 0 bridgehead atoms. The average Bonchev–Trinajstić information content (AvgIpc) is 3.15. The van der Waals surface area contributed by atoms with Gasteiger partial charge < -0.3 is 5.32 Å². The third kappa shape index (κ3) is 2.30. The molecule has 0 atom stereocenters. The number of aromatic nitrogens is 1. The fourth-order valence-corrected chi connectivity index (χ4v) is 2.77. The number of pyridine rings is 1. The van der Waals surface area contributed by atoms with E-state index in [2.05, 4.69) is 38.4 Å². The van der Waals surface area contributed by atoms with Crippen molar-refractivity contribution in [1.82, 2.24) is 10.3 Å². The molecule has 86 valence electrons. The highest BCUT2D eigenvalue weighted by atomic mass is 79.9. The lowest BCUT2D eigenvalue weighted by Crippen LogP contribution is -2.25. The number of halogens is 1. The number of nitrogens with zero attached hydrogens (tertiary/aromatic N) is 1. The van der Waals surface area contributed by atoms with Gasteiger partial charge in [0.05, 0.1) is 5.69 Å². The van der Waals surface area contributed by atoms with Crippen LogP contribution in [0.25, 0.3) is 0 Å². The molecule has 1 heterocycles. The molecule has 1 aromatic heterocycles. The van der Waals surface area contributed by atoms with E-state index >= 15 is 0 Å². The predicted octanol–water partition coefficient (Wildman–Crippen LogP) is 3.12. The van der Waals surface area contributed by atoms with Gasteiger partial charge in [0, 0.05) is 23.8 Å². The van der Waals surface area contributed by atoms with Crippen molar-refractivity contribution in [3.63, 3.8) is 0 Å².